The number of aromatic nitrogens is 3. The molecule has 0 spiro atoms. The van der Waals surface area contributed by atoms with E-state index in [2.05, 4.69) is 15.0 Å². The van der Waals surface area contributed by atoms with Crippen molar-refractivity contribution in [2.75, 3.05) is 0 Å². The van der Waals surface area contributed by atoms with E-state index in [4.69, 9.17) is 17.3 Å². The summed E-state index contributed by atoms with van der Waals surface area (Å²) >= 11 is 5.85. The molecule has 9 heteroatoms. The Labute approximate surface area is 123 Å². The smallest absolute Gasteiger partial charge is 0.326 e. The van der Waals surface area contributed by atoms with Gasteiger partial charge < -0.3 is 5.73 Å². The second kappa shape index (κ2) is 6.34. The predicted molar refractivity (Wildman–Crippen MR) is 70.4 cm³/mol. The molecule has 0 aliphatic carbocycles. The van der Waals surface area contributed by atoms with Gasteiger partial charge in [-0.3, -0.25) is 4.98 Å². The van der Waals surface area contributed by atoms with Crippen molar-refractivity contribution in [3.8, 4) is 11.3 Å². The van der Waals surface area contributed by atoms with Gasteiger partial charge >= 0.3 is 6.18 Å². The monoisotopic (exact) mass is 324 g/mol. The molecule has 0 atom stereocenters. The maximum atomic E-state index is 12.3. The van der Waals surface area contributed by atoms with Gasteiger partial charge in [0.25, 0.3) is 0 Å². The summed E-state index contributed by atoms with van der Waals surface area (Å²) in [5.74, 6) is -1.19. The van der Waals surface area contributed by atoms with Gasteiger partial charge in [-0.05, 0) is 11.6 Å². The van der Waals surface area contributed by atoms with Crippen LogP contribution in [0.15, 0.2) is 24.7 Å². The van der Waals surface area contributed by atoms with E-state index in [1.807, 2.05) is 0 Å². The minimum Gasteiger partial charge on any atom is -0.326 e. The Kier molecular flexibility index (Phi) is 5.27. The van der Waals surface area contributed by atoms with Crippen molar-refractivity contribution in [1.29, 1.82) is 0 Å². The lowest BCUT2D eigenvalue weighted by Gasteiger charge is -2.07. The molecule has 2 aromatic rings. The molecular weight excluding hydrogens is 316 g/mol. The highest BCUT2D eigenvalue weighted by atomic mass is 35.5. The third-order valence-electron chi connectivity index (χ3n) is 2.36. The summed E-state index contributed by atoms with van der Waals surface area (Å²) in [5.41, 5.74) is 6.91. The van der Waals surface area contributed by atoms with Crippen LogP contribution < -0.4 is 5.73 Å². The Balaban J connectivity index is 0.00000200. The van der Waals surface area contributed by atoms with Gasteiger partial charge in [-0.2, -0.15) is 13.2 Å². The molecule has 0 radical (unpaired) electrons. The topological polar surface area (TPSA) is 64.7 Å². The summed E-state index contributed by atoms with van der Waals surface area (Å²) in [7, 11) is 0. The third kappa shape index (κ3) is 3.56. The fourth-order valence-corrected chi connectivity index (χ4v) is 1.58. The number of nitrogens with zero attached hydrogens (tertiary/aromatic N) is 3. The summed E-state index contributed by atoms with van der Waals surface area (Å²) in [6.07, 6.45) is -1.05. The van der Waals surface area contributed by atoms with E-state index >= 15 is 0 Å². The zero-order valence-corrected chi connectivity index (χ0v) is 11.4. The van der Waals surface area contributed by atoms with Crippen LogP contribution >= 0.6 is 24.0 Å². The fourth-order valence-electron chi connectivity index (χ4n) is 1.40. The SMILES string of the molecule is Cl.NCc1cc(-c2cnc(C(F)(F)F)nc2)ncc1Cl. The Hall–Kier alpha value is -1.44. The van der Waals surface area contributed by atoms with Crippen molar-refractivity contribution < 1.29 is 13.2 Å². The molecule has 0 bridgehead atoms. The van der Waals surface area contributed by atoms with E-state index in [-0.39, 0.29) is 19.0 Å². The predicted octanol–water partition coefficient (Wildman–Crippen LogP) is 3.09. The molecule has 108 valence electrons. The summed E-state index contributed by atoms with van der Waals surface area (Å²) < 4.78 is 37.0. The van der Waals surface area contributed by atoms with Gasteiger partial charge in [-0.25, -0.2) is 9.97 Å². The summed E-state index contributed by atoms with van der Waals surface area (Å²) in [5, 5.41) is 0.402. The number of hydrogen-bond donors (Lipinski definition) is 1. The summed E-state index contributed by atoms with van der Waals surface area (Å²) in [6.45, 7) is 0.204. The van der Waals surface area contributed by atoms with Crippen molar-refractivity contribution in [1.82, 2.24) is 15.0 Å². The van der Waals surface area contributed by atoms with Crippen molar-refractivity contribution in [2.24, 2.45) is 5.73 Å². The lowest BCUT2D eigenvalue weighted by Crippen LogP contribution is -2.10. The van der Waals surface area contributed by atoms with Crippen LogP contribution in [0.4, 0.5) is 13.2 Å². The largest absolute Gasteiger partial charge is 0.451 e. The van der Waals surface area contributed by atoms with E-state index in [0.717, 1.165) is 12.4 Å². The highest BCUT2D eigenvalue weighted by molar-refractivity contribution is 6.31. The van der Waals surface area contributed by atoms with Crippen LogP contribution in [-0.2, 0) is 12.7 Å². The molecule has 0 aliphatic rings. The molecule has 2 N–H and O–H groups in total. The van der Waals surface area contributed by atoms with Crippen LogP contribution in [0.1, 0.15) is 11.4 Å². The van der Waals surface area contributed by atoms with Gasteiger partial charge in [-0.15, -0.1) is 12.4 Å². The van der Waals surface area contributed by atoms with E-state index in [9.17, 15) is 13.2 Å². The standard InChI is InChI=1S/C11H8ClF3N4.ClH/c12-8-5-17-9(1-6(8)2-16)7-3-18-10(19-4-7)11(13,14)15;/h1,3-5H,2,16H2;1H. The first-order valence-electron chi connectivity index (χ1n) is 5.16. The maximum absolute atomic E-state index is 12.3. The number of hydrogen-bond acceptors (Lipinski definition) is 4. The first-order chi connectivity index (χ1) is 8.91. The van der Waals surface area contributed by atoms with E-state index in [1.165, 1.54) is 6.20 Å². The van der Waals surface area contributed by atoms with Crippen molar-refractivity contribution in [3.05, 3.63) is 41.1 Å². The lowest BCUT2D eigenvalue weighted by molar-refractivity contribution is -0.144. The van der Waals surface area contributed by atoms with Crippen LogP contribution in [0, 0.1) is 0 Å². The van der Waals surface area contributed by atoms with Crippen LogP contribution in [-0.4, -0.2) is 15.0 Å². The van der Waals surface area contributed by atoms with Crippen molar-refractivity contribution in [3.63, 3.8) is 0 Å². The average molecular weight is 325 g/mol. The fraction of sp³-hybridized carbons (Fsp3) is 0.182. The van der Waals surface area contributed by atoms with Gasteiger partial charge in [0.1, 0.15) is 0 Å². The Morgan fingerprint density at radius 2 is 1.70 bits per heavy atom. The molecule has 0 unspecified atom stereocenters. The molecule has 2 rings (SSSR count). The lowest BCUT2D eigenvalue weighted by atomic mass is 10.1. The third-order valence-corrected chi connectivity index (χ3v) is 2.70. The number of pyridine rings is 1. The van der Waals surface area contributed by atoms with Gasteiger partial charge in [0, 0.05) is 30.7 Å². The van der Waals surface area contributed by atoms with Crippen LogP contribution in [0.25, 0.3) is 11.3 Å². The van der Waals surface area contributed by atoms with Crippen LogP contribution in [0.2, 0.25) is 5.02 Å². The van der Waals surface area contributed by atoms with Crippen LogP contribution in [0.5, 0.6) is 0 Å². The first kappa shape index (κ1) is 16.6. The van der Waals surface area contributed by atoms with Crippen molar-refractivity contribution >= 4 is 24.0 Å². The molecule has 2 heterocycles. The Morgan fingerprint density at radius 1 is 1.10 bits per heavy atom. The number of rotatable bonds is 2. The first-order valence-corrected chi connectivity index (χ1v) is 5.53. The van der Waals surface area contributed by atoms with Gasteiger partial charge in [0.05, 0.1) is 10.7 Å². The summed E-state index contributed by atoms with van der Waals surface area (Å²) in [6, 6.07) is 1.59. The zero-order chi connectivity index (χ0) is 14.0. The van der Waals surface area contributed by atoms with E-state index in [1.54, 1.807) is 6.07 Å². The molecule has 0 saturated carbocycles. The quantitative estimate of drug-likeness (QED) is 0.921. The zero-order valence-electron chi connectivity index (χ0n) is 9.86. The minimum absolute atomic E-state index is 0. The Bertz CT molecular complexity index is 587. The average Bonchev–Trinajstić information content (AvgIpc) is 2.38. The van der Waals surface area contributed by atoms with Gasteiger partial charge in [-0.1, -0.05) is 11.6 Å². The number of nitrogens with two attached hydrogens (primary N) is 1. The highest BCUT2D eigenvalue weighted by Gasteiger charge is 2.34. The molecule has 0 aromatic carbocycles. The molecule has 0 aliphatic heterocycles. The summed E-state index contributed by atoms with van der Waals surface area (Å²) in [4.78, 5) is 10.5. The Morgan fingerprint density at radius 3 is 2.20 bits per heavy atom. The van der Waals surface area contributed by atoms with Crippen LogP contribution in [0.3, 0.4) is 0 Å². The second-order valence-corrected chi connectivity index (χ2v) is 4.07. The van der Waals surface area contributed by atoms with Gasteiger partial charge in [0.15, 0.2) is 0 Å². The minimum atomic E-state index is -4.56. The van der Waals surface area contributed by atoms with E-state index in [0.29, 0.717) is 21.8 Å². The van der Waals surface area contributed by atoms with Gasteiger partial charge in [0.2, 0.25) is 5.82 Å². The molecule has 20 heavy (non-hydrogen) atoms. The molecular formula is C11H9Cl2F3N4. The maximum Gasteiger partial charge on any atom is 0.451 e. The van der Waals surface area contributed by atoms with Crippen molar-refractivity contribution in [2.45, 2.75) is 12.7 Å². The molecule has 0 saturated heterocycles. The normalized spacial score (nSPS) is 11.1. The molecule has 0 amide bonds. The second-order valence-electron chi connectivity index (χ2n) is 3.66. The molecule has 2 aromatic heterocycles. The van der Waals surface area contributed by atoms with E-state index < -0.39 is 12.0 Å². The highest BCUT2D eigenvalue weighted by Crippen LogP contribution is 2.27. The molecule has 4 nitrogen and oxygen atoms in total. The molecule has 0 fully saturated rings. The number of halogens is 5. The number of alkyl halides is 3.